The Balaban J connectivity index is 3.06. The van der Waals surface area contributed by atoms with Gasteiger partial charge in [-0.1, -0.05) is 45.0 Å². The molecule has 0 fully saturated rings. The first-order chi connectivity index (χ1) is 8.73. The lowest BCUT2D eigenvalue weighted by Crippen LogP contribution is -2.41. The molecule has 1 N–H and O–H groups in total. The van der Waals surface area contributed by atoms with E-state index >= 15 is 0 Å². The van der Waals surface area contributed by atoms with Crippen LogP contribution in [0.4, 0.5) is 5.69 Å². The Morgan fingerprint density at radius 1 is 1.26 bits per heavy atom. The van der Waals surface area contributed by atoms with E-state index in [1.54, 1.807) is 0 Å². The molecule has 0 aliphatic carbocycles. The highest BCUT2D eigenvalue weighted by molar-refractivity contribution is 6.74. The summed E-state index contributed by atoms with van der Waals surface area (Å²) >= 11 is 0. The molecule has 1 aromatic carbocycles. The Bertz CT molecular complexity index is 435. The van der Waals surface area contributed by atoms with Crippen LogP contribution in [0, 0.1) is 0 Å². The number of para-hydroxylation sites is 1. The van der Waals surface area contributed by atoms with Gasteiger partial charge in [0, 0.05) is 18.3 Å². The molecule has 2 nitrogen and oxygen atoms in total. The van der Waals surface area contributed by atoms with Crippen molar-refractivity contribution in [3.05, 3.63) is 42.5 Å². The molecule has 19 heavy (non-hydrogen) atoms. The molecule has 1 atom stereocenters. The van der Waals surface area contributed by atoms with Crippen molar-refractivity contribution in [2.75, 3.05) is 12.4 Å². The van der Waals surface area contributed by atoms with Crippen LogP contribution in [0.15, 0.2) is 36.9 Å². The van der Waals surface area contributed by atoms with Crippen molar-refractivity contribution < 1.29 is 4.43 Å². The predicted molar refractivity (Wildman–Crippen MR) is 87.2 cm³/mol. The third-order valence-corrected chi connectivity index (χ3v) is 8.43. The monoisotopic (exact) mass is 277 g/mol. The maximum absolute atomic E-state index is 6.46. The zero-order valence-electron chi connectivity index (χ0n) is 13.1. The van der Waals surface area contributed by atoms with Crippen molar-refractivity contribution in [2.45, 2.75) is 45.0 Å². The van der Waals surface area contributed by atoms with Gasteiger partial charge < -0.3 is 9.74 Å². The third kappa shape index (κ3) is 3.70. The van der Waals surface area contributed by atoms with E-state index in [2.05, 4.69) is 57.9 Å². The van der Waals surface area contributed by atoms with Gasteiger partial charge in [-0.25, -0.2) is 0 Å². The minimum Gasteiger partial charge on any atom is -0.406 e. The molecule has 1 aromatic rings. The number of nitrogens with one attached hydrogen (secondary N) is 1. The van der Waals surface area contributed by atoms with Crippen LogP contribution < -0.4 is 5.32 Å². The fourth-order valence-corrected chi connectivity index (χ4v) is 2.92. The van der Waals surface area contributed by atoms with Gasteiger partial charge in [-0.15, -0.1) is 6.58 Å². The Kier molecular flexibility index (Phi) is 4.99. The number of benzene rings is 1. The molecule has 0 amide bonds. The molecular formula is C16H27NOSi. The van der Waals surface area contributed by atoms with E-state index in [0.717, 1.165) is 11.3 Å². The van der Waals surface area contributed by atoms with Crippen molar-refractivity contribution in [3.8, 4) is 0 Å². The molecule has 0 radical (unpaired) electrons. The van der Waals surface area contributed by atoms with E-state index in [1.807, 2.05) is 25.3 Å². The average Bonchev–Trinajstić information content (AvgIpc) is 2.34. The van der Waals surface area contributed by atoms with Crippen LogP contribution >= 0.6 is 0 Å². The molecule has 0 aromatic heterocycles. The topological polar surface area (TPSA) is 21.3 Å². The van der Waals surface area contributed by atoms with E-state index in [9.17, 15) is 0 Å². The normalized spacial score (nSPS) is 14.0. The van der Waals surface area contributed by atoms with Crippen LogP contribution in [0.25, 0.3) is 0 Å². The highest BCUT2D eigenvalue weighted by Crippen LogP contribution is 2.40. The number of rotatable bonds is 5. The van der Waals surface area contributed by atoms with Crippen LogP contribution in [-0.4, -0.2) is 15.4 Å². The molecule has 106 valence electrons. The van der Waals surface area contributed by atoms with Gasteiger partial charge in [-0.2, -0.15) is 0 Å². The minimum absolute atomic E-state index is 0.0514. The zero-order valence-corrected chi connectivity index (χ0v) is 14.1. The lowest BCUT2D eigenvalue weighted by molar-refractivity contribution is 0.230. The first-order valence-corrected chi connectivity index (χ1v) is 9.71. The summed E-state index contributed by atoms with van der Waals surface area (Å²) in [7, 11) is 0.129. The molecule has 0 bridgehead atoms. The van der Waals surface area contributed by atoms with E-state index in [0.29, 0.717) is 0 Å². The van der Waals surface area contributed by atoms with Crippen LogP contribution in [0.1, 0.15) is 32.4 Å². The van der Waals surface area contributed by atoms with Gasteiger partial charge in [-0.05, 0) is 24.2 Å². The molecule has 0 spiro atoms. The molecule has 0 saturated heterocycles. The Labute approximate surface area is 119 Å². The summed E-state index contributed by atoms with van der Waals surface area (Å²) in [5.41, 5.74) is 2.26. The SMILES string of the molecule is C=CC(O[Si](C)(C)C(C)(C)C)c1ccccc1NC. The maximum Gasteiger partial charge on any atom is 0.193 e. The molecule has 1 unspecified atom stereocenters. The Hall–Kier alpha value is -1.06. The summed E-state index contributed by atoms with van der Waals surface area (Å²) in [5, 5.41) is 3.42. The fraction of sp³-hybridized carbons (Fsp3) is 0.500. The molecular weight excluding hydrogens is 250 g/mol. The first kappa shape index (κ1) is 16.0. The van der Waals surface area contributed by atoms with E-state index in [1.165, 1.54) is 0 Å². The van der Waals surface area contributed by atoms with Crippen LogP contribution in [-0.2, 0) is 4.43 Å². The first-order valence-electron chi connectivity index (χ1n) is 6.80. The fourth-order valence-electron chi connectivity index (χ4n) is 1.71. The Morgan fingerprint density at radius 2 is 1.84 bits per heavy atom. The quantitative estimate of drug-likeness (QED) is 0.605. The third-order valence-electron chi connectivity index (χ3n) is 3.98. The van der Waals surface area contributed by atoms with Gasteiger partial charge in [0.05, 0.1) is 6.10 Å². The van der Waals surface area contributed by atoms with Gasteiger partial charge >= 0.3 is 0 Å². The van der Waals surface area contributed by atoms with Crippen molar-refractivity contribution in [1.29, 1.82) is 0 Å². The highest BCUT2D eigenvalue weighted by atomic mass is 28.4. The molecule has 0 aliphatic rings. The van der Waals surface area contributed by atoms with Crippen molar-refractivity contribution in [1.82, 2.24) is 0 Å². The van der Waals surface area contributed by atoms with E-state index < -0.39 is 8.32 Å². The van der Waals surface area contributed by atoms with E-state index in [-0.39, 0.29) is 11.1 Å². The van der Waals surface area contributed by atoms with Gasteiger partial charge in [0.15, 0.2) is 8.32 Å². The summed E-state index contributed by atoms with van der Waals surface area (Å²) in [6.45, 7) is 15.2. The minimum atomic E-state index is -1.81. The van der Waals surface area contributed by atoms with Gasteiger partial charge in [0.1, 0.15) is 0 Å². The molecule has 0 heterocycles. The summed E-state index contributed by atoms with van der Waals surface area (Å²) in [4.78, 5) is 0. The van der Waals surface area contributed by atoms with Gasteiger partial charge in [0.2, 0.25) is 0 Å². The molecule has 1 rings (SSSR count). The van der Waals surface area contributed by atoms with Gasteiger partial charge in [-0.3, -0.25) is 0 Å². The summed E-state index contributed by atoms with van der Waals surface area (Å²) in [6, 6.07) is 8.25. The highest BCUT2D eigenvalue weighted by Gasteiger charge is 2.39. The van der Waals surface area contributed by atoms with Crippen molar-refractivity contribution >= 4 is 14.0 Å². The molecule has 0 saturated carbocycles. The van der Waals surface area contributed by atoms with E-state index in [4.69, 9.17) is 4.43 Å². The van der Waals surface area contributed by atoms with Crippen LogP contribution in [0.2, 0.25) is 18.1 Å². The predicted octanol–water partition coefficient (Wildman–Crippen LogP) is 4.98. The second-order valence-electron chi connectivity index (χ2n) is 6.37. The van der Waals surface area contributed by atoms with Crippen LogP contribution in [0.3, 0.4) is 0 Å². The molecule has 3 heteroatoms. The standard InChI is InChI=1S/C16H27NOSi/c1-8-15(18-19(6,7)16(2,3)4)13-11-9-10-12-14(13)17-5/h8-12,15,17H,1H2,2-7H3. The zero-order chi connectivity index (χ0) is 14.7. The number of anilines is 1. The summed E-state index contributed by atoms with van der Waals surface area (Å²) < 4.78 is 6.46. The Morgan fingerprint density at radius 3 is 2.32 bits per heavy atom. The van der Waals surface area contributed by atoms with Crippen molar-refractivity contribution in [3.63, 3.8) is 0 Å². The van der Waals surface area contributed by atoms with Gasteiger partial charge in [0.25, 0.3) is 0 Å². The lowest BCUT2D eigenvalue weighted by Gasteiger charge is -2.39. The largest absolute Gasteiger partial charge is 0.406 e. The molecule has 0 aliphatic heterocycles. The van der Waals surface area contributed by atoms with Crippen molar-refractivity contribution in [2.24, 2.45) is 0 Å². The van der Waals surface area contributed by atoms with Crippen LogP contribution in [0.5, 0.6) is 0 Å². The smallest absolute Gasteiger partial charge is 0.193 e. The lowest BCUT2D eigenvalue weighted by atomic mass is 10.1. The second kappa shape index (κ2) is 5.93. The number of hydrogen-bond acceptors (Lipinski definition) is 2. The summed E-state index contributed by atoms with van der Waals surface area (Å²) in [6.07, 6.45) is 1.85. The summed E-state index contributed by atoms with van der Waals surface area (Å²) in [5.74, 6) is 0. The number of hydrogen-bond donors (Lipinski definition) is 1. The second-order valence-corrected chi connectivity index (χ2v) is 11.1. The maximum atomic E-state index is 6.46. The average molecular weight is 277 g/mol.